The molecule has 1 saturated carbocycles. The third kappa shape index (κ3) is 5.74. The predicted octanol–water partition coefficient (Wildman–Crippen LogP) is 7.02. The Morgan fingerprint density at radius 1 is 0.897 bits per heavy atom. The van der Waals surface area contributed by atoms with Crippen LogP contribution in [0.15, 0.2) is 95.0 Å². The molecule has 18 heteroatoms. The normalized spacial score (nSPS) is 24.9. The van der Waals surface area contributed by atoms with Gasteiger partial charge in [0.1, 0.15) is 11.6 Å². The van der Waals surface area contributed by atoms with Gasteiger partial charge in [-0.15, -0.1) is 0 Å². The topological polar surface area (TPSA) is 197 Å². The monoisotopic (exact) mass is 872 g/mol. The fourth-order valence-corrected chi connectivity index (χ4v) is 9.97. The smallest absolute Gasteiger partial charge is 0.301 e. The van der Waals surface area contributed by atoms with E-state index in [4.69, 9.17) is 11.6 Å². The van der Waals surface area contributed by atoms with Crippen molar-refractivity contribution in [2.45, 2.75) is 24.2 Å². The van der Waals surface area contributed by atoms with E-state index in [0.29, 0.717) is 20.6 Å². The number of hydrazine groups is 1. The SMILES string of the molecule is CN(C)c1c([N+](=O)[O-])cc(N2C(=O)[C@H]3[C@H](CC=C4[C@H]3C[C@H]3C(=O)N(Nc5ccc(F)cc5)C(=O)[C@@]3(c3ccc(Cl)cc3)[C@H]4c3cc(Br)ccc3O)C2=O)cc1[N+](=O)[O-]. The molecule has 4 aliphatic rings. The molecule has 0 bridgehead atoms. The molecule has 2 N–H and O–H groups in total. The number of nitrogens with one attached hydrogen (secondary N) is 1. The zero-order chi connectivity index (χ0) is 41.5. The number of fused-ring (bicyclic) bond motifs is 4. The van der Waals surface area contributed by atoms with Gasteiger partial charge in [0.2, 0.25) is 11.8 Å². The van der Waals surface area contributed by atoms with Crippen LogP contribution in [0.4, 0.5) is 32.8 Å². The molecule has 2 aliphatic carbocycles. The number of nitrogens with zero attached hydrogens (tertiary/aromatic N) is 5. The Hall–Kier alpha value is -6.20. The molecule has 4 aromatic rings. The van der Waals surface area contributed by atoms with Gasteiger partial charge >= 0.3 is 11.4 Å². The number of benzene rings is 4. The van der Waals surface area contributed by atoms with Crippen molar-refractivity contribution < 1.29 is 38.5 Å². The van der Waals surface area contributed by atoms with E-state index in [9.17, 15) is 44.1 Å². The molecule has 0 radical (unpaired) electrons. The van der Waals surface area contributed by atoms with Crippen LogP contribution < -0.4 is 15.2 Å². The van der Waals surface area contributed by atoms with E-state index in [1.54, 1.807) is 42.5 Å². The molecule has 3 fully saturated rings. The predicted molar refractivity (Wildman–Crippen MR) is 211 cm³/mol. The summed E-state index contributed by atoms with van der Waals surface area (Å²) in [5.74, 6) is -9.13. The highest BCUT2D eigenvalue weighted by Crippen LogP contribution is 2.65. The minimum absolute atomic E-state index is 0.0378. The summed E-state index contributed by atoms with van der Waals surface area (Å²) >= 11 is 9.81. The minimum atomic E-state index is -1.77. The third-order valence-corrected chi connectivity index (χ3v) is 12.5. The number of carbonyl (C=O) groups is 4. The van der Waals surface area contributed by atoms with Crippen molar-refractivity contribution in [1.29, 1.82) is 0 Å². The number of nitro benzene ring substituents is 2. The lowest BCUT2D eigenvalue weighted by molar-refractivity contribution is -0.392. The van der Waals surface area contributed by atoms with Crippen LogP contribution in [0.1, 0.15) is 29.9 Å². The molecule has 0 spiro atoms. The first-order valence-electron chi connectivity index (χ1n) is 17.9. The van der Waals surface area contributed by atoms with Crippen LogP contribution >= 0.6 is 27.5 Å². The lowest BCUT2D eigenvalue weighted by atomic mass is 9.49. The van der Waals surface area contributed by atoms with Gasteiger partial charge < -0.3 is 10.0 Å². The van der Waals surface area contributed by atoms with Gasteiger partial charge in [0.15, 0.2) is 5.69 Å². The van der Waals surface area contributed by atoms with E-state index in [-0.39, 0.29) is 41.2 Å². The summed E-state index contributed by atoms with van der Waals surface area (Å²) in [5, 5.41) is 37.2. The van der Waals surface area contributed by atoms with Crippen LogP contribution in [0.25, 0.3) is 0 Å². The number of anilines is 3. The summed E-state index contributed by atoms with van der Waals surface area (Å²) in [5.41, 5.74) is 0.354. The van der Waals surface area contributed by atoms with Crippen molar-refractivity contribution in [3.63, 3.8) is 0 Å². The van der Waals surface area contributed by atoms with Gasteiger partial charge in [-0.1, -0.05) is 51.3 Å². The molecule has 2 heterocycles. The number of hydrogen-bond donors (Lipinski definition) is 2. The Morgan fingerprint density at radius 2 is 1.53 bits per heavy atom. The molecular weight excluding hydrogens is 843 g/mol. The lowest BCUT2D eigenvalue weighted by Gasteiger charge is -2.50. The Morgan fingerprint density at radius 3 is 2.14 bits per heavy atom. The number of rotatable bonds is 8. The van der Waals surface area contributed by atoms with Crippen LogP contribution in [-0.4, -0.2) is 57.7 Å². The summed E-state index contributed by atoms with van der Waals surface area (Å²) in [6.45, 7) is 0. The van der Waals surface area contributed by atoms with Crippen LogP contribution in [0.2, 0.25) is 5.02 Å². The molecule has 2 aliphatic heterocycles. The van der Waals surface area contributed by atoms with Crippen molar-refractivity contribution in [3.8, 4) is 5.75 Å². The summed E-state index contributed by atoms with van der Waals surface area (Å²) in [6.07, 6.45) is 1.57. The Kier molecular flexibility index (Phi) is 9.35. The summed E-state index contributed by atoms with van der Waals surface area (Å²) in [4.78, 5) is 83.9. The maximum absolute atomic E-state index is 15.3. The molecule has 15 nitrogen and oxygen atoms in total. The molecule has 4 amide bonds. The molecule has 58 heavy (non-hydrogen) atoms. The number of aromatic hydroxyl groups is 1. The number of allylic oxidation sites excluding steroid dienone is 2. The molecular formula is C40H31BrClFN6O9. The second-order valence-corrected chi connectivity index (χ2v) is 16.2. The Labute approximate surface area is 342 Å². The molecule has 8 rings (SSSR count). The van der Waals surface area contributed by atoms with Crippen molar-refractivity contribution in [2.24, 2.45) is 23.7 Å². The molecule has 4 aromatic carbocycles. The lowest BCUT2D eigenvalue weighted by Crippen LogP contribution is -2.53. The van der Waals surface area contributed by atoms with Crippen molar-refractivity contribution in [3.05, 3.63) is 137 Å². The number of imide groups is 2. The van der Waals surface area contributed by atoms with Crippen LogP contribution in [0, 0.1) is 49.7 Å². The number of amides is 4. The highest BCUT2D eigenvalue weighted by Gasteiger charge is 2.70. The van der Waals surface area contributed by atoms with E-state index < -0.39 is 85.7 Å². The zero-order valence-corrected chi connectivity index (χ0v) is 32.8. The zero-order valence-electron chi connectivity index (χ0n) is 30.5. The van der Waals surface area contributed by atoms with E-state index in [2.05, 4.69) is 21.4 Å². The van der Waals surface area contributed by atoms with Crippen LogP contribution in [0.3, 0.4) is 0 Å². The maximum Gasteiger partial charge on any atom is 0.301 e. The molecule has 2 saturated heterocycles. The standard InChI is InChI=1S/C40H31BrClFN6O9/c1-45(2)35-30(48(55)56)16-24(17-31(35)49(57)58)46-36(51)26-13-12-25-27(33(26)38(46)53)18-29-37(52)47(44-23-10-8-22(43)9-11-23)39(54)40(29,19-3-6-21(42)7-4-19)34(25)28-15-20(41)5-14-32(28)50/h3-12,14-17,26-27,29,33-34,44,50H,13,18H2,1-2H3/t26-,27+,29-,33-,34+,40+/m0/s1. The first-order valence-corrected chi connectivity index (χ1v) is 19.1. The fraction of sp³-hybridized carbons (Fsp3) is 0.250. The van der Waals surface area contributed by atoms with Crippen molar-refractivity contribution >= 4 is 79.6 Å². The molecule has 0 aromatic heterocycles. The second kappa shape index (κ2) is 14.0. The Bertz CT molecular complexity index is 2480. The second-order valence-electron chi connectivity index (χ2n) is 14.8. The highest BCUT2D eigenvalue weighted by atomic mass is 79.9. The van der Waals surface area contributed by atoms with E-state index in [1.165, 1.54) is 37.2 Å². The number of halogens is 3. The van der Waals surface area contributed by atoms with Crippen molar-refractivity contribution in [2.75, 3.05) is 29.3 Å². The number of hydrogen-bond acceptors (Lipinski definition) is 11. The van der Waals surface area contributed by atoms with Gasteiger partial charge in [-0.2, -0.15) is 5.01 Å². The average molecular weight is 874 g/mol. The van der Waals surface area contributed by atoms with Crippen molar-refractivity contribution in [1.82, 2.24) is 5.01 Å². The number of phenolic OH excluding ortho intramolecular Hbond substituents is 1. The van der Waals surface area contributed by atoms with Gasteiger partial charge in [-0.3, -0.25) is 44.8 Å². The van der Waals surface area contributed by atoms with E-state index in [0.717, 1.165) is 34.2 Å². The van der Waals surface area contributed by atoms with E-state index in [1.807, 2.05) is 0 Å². The molecule has 0 unspecified atom stereocenters. The first-order chi connectivity index (χ1) is 27.6. The maximum atomic E-state index is 15.3. The number of nitro groups is 2. The van der Waals surface area contributed by atoms with Gasteiger partial charge in [0.05, 0.1) is 44.4 Å². The van der Waals surface area contributed by atoms with Crippen LogP contribution in [-0.2, 0) is 24.6 Å². The summed E-state index contributed by atoms with van der Waals surface area (Å²) in [7, 11) is 2.78. The molecule has 6 atom stereocenters. The minimum Gasteiger partial charge on any atom is -0.508 e. The summed E-state index contributed by atoms with van der Waals surface area (Å²) in [6, 6.07) is 18.0. The van der Waals surface area contributed by atoms with Crippen LogP contribution in [0.5, 0.6) is 5.75 Å². The number of carbonyl (C=O) groups excluding carboxylic acids is 4. The largest absolute Gasteiger partial charge is 0.508 e. The quantitative estimate of drug-likeness (QED) is 0.0799. The third-order valence-electron chi connectivity index (χ3n) is 11.7. The first kappa shape index (κ1) is 38.7. The van der Waals surface area contributed by atoms with Gasteiger partial charge in [-0.25, -0.2) is 9.29 Å². The molecule has 296 valence electrons. The number of phenols is 1. The van der Waals surface area contributed by atoms with Gasteiger partial charge in [0.25, 0.3) is 11.8 Å². The average Bonchev–Trinajstić information content (AvgIpc) is 3.56. The fourth-order valence-electron chi connectivity index (χ4n) is 9.47. The van der Waals surface area contributed by atoms with Gasteiger partial charge in [-0.05, 0) is 78.9 Å². The Balaban J connectivity index is 1.32. The summed E-state index contributed by atoms with van der Waals surface area (Å²) < 4.78 is 14.4. The van der Waals surface area contributed by atoms with E-state index >= 15 is 4.79 Å². The van der Waals surface area contributed by atoms with Gasteiger partial charge in [0, 0.05) is 47.2 Å². The highest BCUT2D eigenvalue weighted by molar-refractivity contribution is 9.10.